The molecular weight excluding hydrogens is 376 g/mol. The summed E-state index contributed by atoms with van der Waals surface area (Å²) in [5.74, 6) is 1.76. The van der Waals surface area contributed by atoms with Gasteiger partial charge >= 0.3 is 0 Å². The van der Waals surface area contributed by atoms with Gasteiger partial charge in [0.15, 0.2) is 5.96 Å². The number of halogens is 1. The van der Waals surface area contributed by atoms with E-state index in [1.165, 1.54) is 26.2 Å². The monoisotopic (exact) mass is 406 g/mol. The fourth-order valence-corrected chi connectivity index (χ4v) is 4.69. The molecule has 5 rings (SSSR count). The van der Waals surface area contributed by atoms with Crippen LogP contribution in [0, 0.1) is 0 Å². The van der Waals surface area contributed by atoms with Crippen molar-refractivity contribution in [2.45, 2.75) is 18.5 Å². The van der Waals surface area contributed by atoms with Gasteiger partial charge in [0.2, 0.25) is 0 Å². The van der Waals surface area contributed by atoms with Gasteiger partial charge < -0.3 is 20.3 Å². The highest BCUT2D eigenvalue weighted by Gasteiger charge is 2.32. The van der Waals surface area contributed by atoms with Crippen molar-refractivity contribution in [2.24, 2.45) is 4.99 Å². The van der Waals surface area contributed by atoms with E-state index in [2.05, 4.69) is 30.3 Å². The van der Waals surface area contributed by atoms with Crippen LogP contribution in [0.5, 0.6) is 5.75 Å². The summed E-state index contributed by atoms with van der Waals surface area (Å²) in [5.41, 5.74) is 1.06. The van der Waals surface area contributed by atoms with Gasteiger partial charge in [-0.05, 0) is 24.6 Å². The van der Waals surface area contributed by atoms with Crippen LogP contribution in [-0.4, -0.2) is 94.4 Å². The van der Waals surface area contributed by atoms with Gasteiger partial charge in [0.05, 0.1) is 12.8 Å². The lowest BCUT2D eigenvalue weighted by atomic mass is 10.1. The third kappa shape index (κ3) is 4.31. The van der Waals surface area contributed by atoms with Crippen molar-refractivity contribution in [1.82, 2.24) is 20.4 Å². The first-order valence-electron chi connectivity index (χ1n) is 10.2. The number of ether oxygens (including phenoxy) is 1. The molecule has 4 saturated heterocycles. The van der Waals surface area contributed by atoms with E-state index < -0.39 is 0 Å². The van der Waals surface area contributed by atoms with Crippen LogP contribution in [0.25, 0.3) is 0 Å². The van der Waals surface area contributed by atoms with Crippen molar-refractivity contribution in [3.8, 4) is 5.75 Å². The van der Waals surface area contributed by atoms with E-state index in [0.717, 1.165) is 55.0 Å². The van der Waals surface area contributed by atoms with Crippen LogP contribution in [0.15, 0.2) is 23.2 Å². The maximum absolute atomic E-state index is 6.20. The summed E-state index contributed by atoms with van der Waals surface area (Å²) in [6, 6.07) is 6.71. The van der Waals surface area contributed by atoms with Gasteiger partial charge in [0, 0.05) is 76.5 Å². The number of methoxy groups -OCH3 is 1. The predicted molar refractivity (Wildman–Crippen MR) is 115 cm³/mol. The molecule has 4 heterocycles. The SMILES string of the molecule is CN=C(NCC1CN2CCN1CC2)NC1CCN(c2cc(Cl)ccc2OC)C1. The number of nitrogens with one attached hydrogen (secondary N) is 2. The summed E-state index contributed by atoms with van der Waals surface area (Å²) >= 11 is 6.20. The van der Waals surface area contributed by atoms with E-state index in [1.807, 2.05) is 25.2 Å². The van der Waals surface area contributed by atoms with Crippen molar-refractivity contribution in [2.75, 3.05) is 71.4 Å². The molecule has 0 saturated carbocycles. The Morgan fingerprint density at radius 1 is 1.21 bits per heavy atom. The van der Waals surface area contributed by atoms with Gasteiger partial charge in [-0.2, -0.15) is 0 Å². The van der Waals surface area contributed by atoms with Gasteiger partial charge in [-0.1, -0.05) is 11.6 Å². The number of fused-ring (bicyclic) bond motifs is 3. The summed E-state index contributed by atoms with van der Waals surface area (Å²) in [6.07, 6.45) is 1.06. The second kappa shape index (κ2) is 8.76. The molecule has 0 radical (unpaired) electrons. The first kappa shape index (κ1) is 19.6. The normalized spacial score (nSPS) is 29.8. The molecule has 4 aliphatic rings. The maximum atomic E-state index is 6.20. The maximum Gasteiger partial charge on any atom is 0.191 e. The summed E-state index contributed by atoms with van der Waals surface area (Å²) in [7, 11) is 3.55. The fourth-order valence-electron chi connectivity index (χ4n) is 4.53. The first-order valence-corrected chi connectivity index (χ1v) is 10.6. The van der Waals surface area contributed by atoms with E-state index in [1.54, 1.807) is 7.11 Å². The topological polar surface area (TPSA) is 55.4 Å². The summed E-state index contributed by atoms with van der Waals surface area (Å²) in [5, 5.41) is 7.87. The largest absolute Gasteiger partial charge is 0.495 e. The molecule has 0 spiro atoms. The molecule has 2 atom stereocenters. The number of rotatable bonds is 5. The lowest BCUT2D eigenvalue weighted by Gasteiger charge is -2.47. The number of hydrogen-bond donors (Lipinski definition) is 2. The highest BCUT2D eigenvalue weighted by molar-refractivity contribution is 6.30. The molecule has 8 heteroatoms. The van der Waals surface area contributed by atoms with E-state index >= 15 is 0 Å². The quantitative estimate of drug-likeness (QED) is 0.564. The van der Waals surface area contributed by atoms with E-state index in [4.69, 9.17) is 16.3 Å². The number of hydrogen-bond acceptors (Lipinski definition) is 5. The predicted octanol–water partition coefficient (Wildman–Crippen LogP) is 1.09. The molecule has 1 aromatic rings. The fraction of sp³-hybridized carbons (Fsp3) is 0.650. The van der Waals surface area contributed by atoms with Crippen LogP contribution in [0.3, 0.4) is 0 Å². The average molecular weight is 407 g/mol. The molecule has 4 fully saturated rings. The lowest BCUT2D eigenvalue weighted by molar-refractivity contribution is 0.0154. The number of aliphatic imine (C=N–C) groups is 1. The van der Waals surface area contributed by atoms with Gasteiger partial charge in [0.1, 0.15) is 5.75 Å². The van der Waals surface area contributed by atoms with Crippen molar-refractivity contribution >= 4 is 23.2 Å². The molecule has 0 amide bonds. The number of anilines is 1. The van der Waals surface area contributed by atoms with Crippen LogP contribution < -0.4 is 20.3 Å². The molecule has 154 valence electrons. The molecule has 7 nitrogen and oxygen atoms in total. The number of piperazine rings is 3. The molecule has 2 N–H and O–H groups in total. The number of benzene rings is 1. The molecule has 1 aromatic carbocycles. The summed E-state index contributed by atoms with van der Waals surface area (Å²) in [4.78, 5) is 11.9. The zero-order valence-corrected chi connectivity index (χ0v) is 17.6. The Hall–Kier alpha value is -1.70. The zero-order chi connectivity index (χ0) is 19.5. The molecule has 0 aromatic heterocycles. The third-order valence-corrected chi connectivity index (χ3v) is 6.37. The minimum Gasteiger partial charge on any atom is -0.495 e. The zero-order valence-electron chi connectivity index (χ0n) is 16.8. The van der Waals surface area contributed by atoms with Crippen LogP contribution >= 0.6 is 11.6 Å². The van der Waals surface area contributed by atoms with Gasteiger partial charge in [-0.15, -0.1) is 0 Å². The van der Waals surface area contributed by atoms with E-state index in [-0.39, 0.29) is 0 Å². The summed E-state index contributed by atoms with van der Waals surface area (Å²) < 4.78 is 5.51. The summed E-state index contributed by atoms with van der Waals surface area (Å²) in [6.45, 7) is 8.79. The second-order valence-corrected chi connectivity index (χ2v) is 8.27. The minimum atomic E-state index is 0.349. The average Bonchev–Trinajstić information content (AvgIpc) is 3.20. The van der Waals surface area contributed by atoms with Crippen molar-refractivity contribution in [3.05, 3.63) is 23.2 Å². The highest BCUT2D eigenvalue weighted by atomic mass is 35.5. The molecular formula is C20H31ClN6O. The van der Waals surface area contributed by atoms with Crippen LogP contribution in [-0.2, 0) is 0 Å². The Bertz CT molecular complexity index is 706. The molecule has 2 bridgehead atoms. The molecule has 28 heavy (non-hydrogen) atoms. The molecule has 2 unspecified atom stereocenters. The lowest BCUT2D eigenvalue weighted by Crippen LogP contribution is -2.64. The van der Waals surface area contributed by atoms with Gasteiger partial charge in [0.25, 0.3) is 0 Å². The van der Waals surface area contributed by atoms with Crippen LogP contribution in [0.2, 0.25) is 5.02 Å². The Labute approximate surface area is 172 Å². The van der Waals surface area contributed by atoms with Crippen LogP contribution in [0.4, 0.5) is 5.69 Å². The first-order chi connectivity index (χ1) is 13.7. The Morgan fingerprint density at radius 3 is 2.71 bits per heavy atom. The Balaban J connectivity index is 1.30. The second-order valence-electron chi connectivity index (χ2n) is 7.84. The van der Waals surface area contributed by atoms with Gasteiger partial charge in [-0.25, -0.2) is 0 Å². The van der Waals surface area contributed by atoms with Crippen molar-refractivity contribution in [1.29, 1.82) is 0 Å². The number of guanidine groups is 1. The standard InChI is InChI=1S/C20H31ClN6O/c1-22-20(23-12-17-14-25-7-9-26(17)10-8-25)24-16-5-6-27(13-16)18-11-15(21)3-4-19(18)28-2/h3-4,11,16-17H,5-10,12-14H2,1-2H3,(H2,22,23,24). The molecule has 4 aliphatic heterocycles. The van der Waals surface area contributed by atoms with Crippen molar-refractivity contribution in [3.63, 3.8) is 0 Å². The van der Waals surface area contributed by atoms with Crippen molar-refractivity contribution < 1.29 is 4.74 Å². The third-order valence-electron chi connectivity index (χ3n) is 6.13. The van der Waals surface area contributed by atoms with Crippen LogP contribution in [0.1, 0.15) is 6.42 Å². The molecule has 0 aliphatic carbocycles. The van der Waals surface area contributed by atoms with E-state index in [9.17, 15) is 0 Å². The highest BCUT2D eigenvalue weighted by Crippen LogP contribution is 2.33. The Kier molecular flexibility index (Phi) is 6.13. The smallest absolute Gasteiger partial charge is 0.191 e. The Morgan fingerprint density at radius 2 is 2.04 bits per heavy atom. The minimum absolute atomic E-state index is 0.349. The van der Waals surface area contributed by atoms with E-state index in [0.29, 0.717) is 12.1 Å². The number of nitrogens with zero attached hydrogens (tertiary/aromatic N) is 4. The van der Waals surface area contributed by atoms with Gasteiger partial charge in [-0.3, -0.25) is 14.8 Å².